The van der Waals surface area contributed by atoms with Crippen LogP contribution in [-0.4, -0.2) is 26.5 Å². The van der Waals surface area contributed by atoms with Crippen LogP contribution in [0.2, 0.25) is 0 Å². The summed E-state index contributed by atoms with van der Waals surface area (Å²) in [6.07, 6.45) is 0. The second-order valence-corrected chi connectivity index (χ2v) is 5.95. The van der Waals surface area contributed by atoms with Gasteiger partial charge in [0.25, 0.3) is 0 Å². The number of hydrogen-bond donors (Lipinski definition) is 1. The SMILES string of the molecule is NCC1(c2ccccc2)CS(=O)(=O)C1. The van der Waals surface area contributed by atoms with Gasteiger partial charge >= 0.3 is 0 Å². The molecule has 1 aromatic rings. The first kappa shape index (κ1) is 9.68. The summed E-state index contributed by atoms with van der Waals surface area (Å²) in [5, 5.41) is 0. The highest BCUT2D eigenvalue weighted by Crippen LogP contribution is 2.35. The molecule has 1 fully saturated rings. The Balaban J connectivity index is 2.34. The lowest BCUT2D eigenvalue weighted by molar-refractivity contribution is 0.465. The first-order chi connectivity index (χ1) is 6.58. The molecule has 1 aliphatic rings. The Morgan fingerprint density at radius 1 is 1.21 bits per heavy atom. The van der Waals surface area contributed by atoms with Gasteiger partial charge in [-0.05, 0) is 5.56 Å². The molecule has 0 spiro atoms. The lowest BCUT2D eigenvalue weighted by atomic mass is 9.83. The molecule has 0 saturated carbocycles. The van der Waals surface area contributed by atoms with E-state index >= 15 is 0 Å². The Morgan fingerprint density at radius 2 is 1.79 bits per heavy atom. The van der Waals surface area contributed by atoms with Gasteiger partial charge in [0.15, 0.2) is 9.84 Å². The van der Waals surface area contributed by atoms with Gasteiger partial charge in [-0.25, -0.2) is 8.42 Å². The smallest absolute Gasteiger partial charge is 0.152 e. The minimum atomic E-state index is -2.83. The summed E-state index contributed by atoms with van der Waals surface area (Å²) >= 11 is 0. The minimum Gasteiger partial charge on any atom is -0.330 e. The van der Waals surface area contributed by atoms with Crippen LogP contribution >= 0.6 is 0 Å². The molecule has 76 valence electrons. The van der Waals surface area contributed by atoms with Crippen LogP contribution in [0.3, 0.4) is 0 Å². The number of hydrogen-bond acceptors (Lipinski definition) is 3. The van der Waals surface area contributed by atoms with Gasteiger partial charge in [-0.3, -0.25) is 0 Å². The largest absolute Gasteiger partial charge is 0.330 e. The Morgan fingerprint density at radius 3 is 2.21 bits per heavy atom. The van der Waals surface area contributed by atoms with Crippen molar-refractivity contribution in [1.82, 2.24) is 0 Å². The van der Waals surface area contributed by atoms with Crippen LogP contribution in [-0.2, 0) is 15.3 Å². The number of sulfone groups is 1. The maximum absolute atomic E-state index is 11.2. The van der Waals surface area contributed by atoms with E-state index in [0.717, 1.165) is 5.56 Å². The van der Waals surface area contributed by atoms with Crippen LogP contribution in [0.1, 0.15) is 5.56 Å². The third-order valence-electron chi connectivity index (χ3n) is 2.77. The zero-order valence-corrected chi connectivity index (χ0v) is 8.63. The summed E-state index contributed by atoms with van der Waals surface area (Å²) in [5.41, 5.74) is 6.38. The van der Waals surface area contributed by atoms with E-state index in [4.69, 9.17) is 5.73 Å². The molecule has 0 aromatic heterocycles. The number of rotatable bonds is 2. The summed E-state index contributed by atoms with van der Waals surface area (Å²) in [6.45, 7) is 0.399. The Kier molecular flexibility index (Phi) is 2.12. The normalized spacial score (nSPS) is 22.6. The average Bonchev–Trinajstić information content (AvgIpc) is 2.15. The predicted octanol–water partition coefficient (Wildman–Crippen LogP) is 0.312. The van der Waals surface area contributed by atoms with Crippen LogP contribution in [0.15, 0.2) is 30.3 Å². The van der Waals surface area contributed by atoms with Crippen molar-refractivity contribution in [1.29, 1.82) is 0 Å². The van der Waals surface area contributed by atoms with Crippen molar-refractivity contribution in [3.63, 3.8) is 0 Å². The summed E-state index contributed by atoms with van der Waals surface area (Å²) in [6, 6.07) is 9.64. The first-order valence-electron chi connectivity index (χ1n) is 4.54. The lowest BCUT2D eigenvalue weighted by Gasteiger charge is -2.40. The molecule has 0 radical (unpaired) electrons. The summed E-state index contributed by atoms with van der Waals surface area (Å²) in [4.78, 5) is 0. The van der Waals surface area contributed by atoms with Gasteiger partial charge in [0, 0.05) is 12.0 Å². The molecule has 1 heterocycles. The fraction of sp³-hybridized carbons (Fsp3) is 0.400. The zero-order chi connectivity index (χ0) is 10.2. The maximum Gasteiger partial charge on any atom is 0.152 e. The molecule has 4 heteroatoms. The van der Waals surface area contributed by atoms with E-state index in [-0.39, 0.29) is 16.9 Å². The van der Waals surface area contributed by atoms with Crippen LogP contribution in [0, 0.1) is 0 Å². The predicted molar refractivity (Wildman–Crippen MR) is 55.8 cm³/mol. The summed E-state index contributed by atoms with van der Waals surface area (Å²) in [7, 11) is -2.83. The van der Waals surface area contributed by atoms with Crippen LogP contribution in [0.5, 0.6) is 0 Å². The van der Waals surface area contributed by atoms with E-state index < -0.39 is 9.84 Å². The van der Waals surface area contributed by atoms with Gasteiger partial charge in [0.1, 0.15) is 0 Å². The standard InChI is InChI=1S/C10H13NO2S/c11-6-10(7-14(12,13)8-10)9-4-2-1-3-5-9/h1-5H,6-8,11H2. The molecule has 14 heavy (non-hydrogen) atoms. The van der Waals surface area contributed by atoms with Crippen molar-refractivity contribution in [3.8, 4) is 0 Å². The molecule has 1 aromatic carbocycles. The molecule has 3 nitrogen and oxygen atoms in total. The lowest BCUT2D eigenvalue weighted by Crippen LogP contribution is -2.56. The van der Waals surface area contributed by atoms with Gasteiger partial charge in [-0.15, -0.1) is 0 Å². The van der Waals surface area contributed by atoms with E-state index in [9.17, 15) is 8.42 Å². The van der Waals surface area contributed by atoms with Crippen molar-refractivity contribution < 1.29 is 8.42 Å². The fourth-order valence-corrected chi connectivity index (χ4v) is 4.16. The van der Waals surface area contributed by atoms with E-state index in [2.05, 4.69) is 0 Å². The maximum atomic E-state index is 11.2. The second kappa shape index (κ2) is 3.07. The van der Waals surface area contributed by atoms with Gasteiger partial charge in [-0.1, -0.05) is 30.3 Å². The third kappa shape index (κ3) is 1.44. The highest BCUT2D eigenvalue weighted by molar-refractivity contribution is 7.93. The average molecular weight is 211 g/mol. The Bertz CT molecular complexity index is 413. The molecule has 0 bridgehead atoms. The zero-order valence-electron chi connectivity index (χ0n) is 7.81. The van der Waals surface area contributed by atoms with Crippen molar-refractivity contribution in [2.45, 2.75) is 5.41 Å². The van der Waals surface area contributed by atoms with E-state index in [1.807, 2.05) is 30.3 Å². The van der Waals surface area contributed by atoms with E-state index in [1.54, 1.807) is 0 Å². The van der Waals surface area contributed by atoms with Gasteiger partial charge in [-0.2, -0.15) is 0 Å². The highest BCUT2D eigenvalue weighted by atomic mass is 32.2. The van der Waals surface area contributed by atoms with Crippen LogP contribution in [0.25, 0.3) is 0 Å². The quantitative estimate of drug-likeness (QED) is 0.766. The summed E-state index contributed by atoms with van der Waals surface area (Å²) in [5.74, 6) is 0.390. The molecule has 2 rings (SSSR count). The second-order valence-electron chi connectivity index (χ2n) is 3.88. The topological polar surface area (TPSA) is 60.2 Å². The summed E-state index contributed by atoms with van der Waals surface area (Å²) < 4.78 is 22.4. The molecule has 0 aliphatic carbocycles. The van der Waals surface area contributed by atoms with E-state index in [0.29, 0.717) is 6.54 Å². The fourth-order valence-electron chi connectivity index (χ4n) is 1.99. The minimum absolute atomic E-state index is 0.195. The molecule has 1 saturated heterocycles. The van der Waals surface area contributed by atoms with Crippen molar-refractivity contribution in [3.05, 3.63) is 35.9 Å². The third-order valence-corrected chi connectivity index (χ3v) is 4.75. The monoisotopic (exact) mass is 211 g/mol. The van der Waals surface area contributed by atoms with Crippen LogP contribution < -0.4 is 5.73 Å². The van der Waals surface area contributed by atoms with Crippen molar-refractivity contribution in [2.75, 3.05) is 18.1 Å². The van der Waals surface area contributed by atoms with Gasteiger partial charge in [0.05, 0.1) is 11.5 Å². The molecule has 2 N–H and O–H groups in total. The van der Waals surface area contributed by atoms with Crippen molar-refractivity contribution in [2.24, 2.45) is 5.73 Å². The molecule has 0 atom stereocenters. The molecule has 0 unspecified atom stereocenters. The molecular formula is C10H13NO2S. The van der Waals surface area contributed by atoms with Gasteiger partial charge < -0.3 is 5.73 Å². The molecule has 1 aliphatic heterocycles. The van der Waals surface area contributed by atoms with Crippen molar-refractivity contribution >= 4 is 9.84 Å². The first-order valence-corrected chi connectivity index (χ1v) is 6.36. The van der Waals surface area contributed by atoms with Gasteiger partial charge in [0.2, 0.25) is 0 Å². The Hall–Kier alpha value is -0.870. The molecular weight excluding hydrogens is 198 g/mol. The van der Waals surface area contributed by atoms with E-state index in [1.165, 1.54) is 0 Å². The molecule has 0 amide bonds. The number of nitrogens with two attached hydrogens (primary N) is 1. The Labute approximate surface area is 83.9 Å². The highest BCUT2D eigenvalue weighted by Gasteiger charge is 2.48. The van der Waals surface area contributed by atoms with Crippen LogP contribution in [0.4, 0.5) is 0 Å². The number of benzene rings is 1.